The van der Waals surface area contributed by atoms with E-state index in [1.54, 1.807) is 27.0 Å². The van der Waals surface area contributed by atoms with Gasteiger partial charge in [0.25, 0.3) is 0 Å². The highest BCUT2D eigenvalue weighted by atomic mass is 16.6. The molecule has 0 spiro atoms. The van der Waals surface area contributed by atoms with Crippen molar-refractivity contribution in [1.82, 2.24) is 10.4 Å². The number of aromatic nitrogens is 1. The molecule has 5 nitrogen and oxygen atoms in total. The Morgan fingerprint density at radius 1 is 1.37 bits per heavy atom. The number of carbonyl (C=O) groups is 1. The van der Waals surface area contributed by atoms with Crippen molar-refractivity contribution in [3.05, 3.63) is 36.0 Å². The van der Waals surface area contributed by atoms with E-state index < -0.39 is 11.7 Å². The lowest BCUT2D eigenvalue weighted by Gasteiger charge is -2.18. The van der Waals surface area contributed by atoms with E-state index in [9.17, 15) is 4.79 Å². The molecule has 19 heavy (non-hydrogen) atoms. The van der Waals surface area contributed by atoms with Gasteiger partial charge in [0.05, 0.1) is 6.21 Å². The van der Waals surface area contributed by atoms with Gasteiger partial charge in [-0.3, -0.25) is 0 Å². The van der Waals surface area contributed by atoms with Crippen LogP contribution in [0.1, 0.15) is 26.3 Å². The summed E-state index contributed by atoms with van der Waals surface area (Å²) in [7, 11) is 0. The van der Waals surface area contributed by atoms with Crippen LogP contribution in [0.15, 0.2) is 35.6 Å². The molecule has 0 fully saturated rings. The number of rotatable bonds is 2. The summed E-state index contributed by atoms with van der Waals surface area (Å²) in [6.45, 7) is 5.40. The summed E-state index contributed by atoms with van der Waals surface area (Å²) < 4.78 is 5.07. The van der Waals surface area contributed by atoms with Gasteiger partial charge < -0.3 is 9.72 Å². The van der Waals surface area contributed by atoms with Crippen LogP contribution in [-0.4, -0.2) is 22.9 Å². The van der Waals surface area contributed by atoms with Crippen LogP contribution < -0.4 is 5.43 Å². The zero-order valence-electron chi connectivity index (χ0n) is 11.2. The molecule has 0 bridgehead atoms. The minimum atomic E-state index is -0.566. The van der Waals surface area contributed by atoms with E-state index in [1.807, 2.05) is 30.5 Å². The highest BCUT2D eigenvalue weighted by molar-refractivity contribution is 5.99. The standard InChI is InChI=1S/C14H17N3O2/c1-14(2,3)19-13(18)17-16-9-10-8-15-12-7-5-4-6-11(10)12/h4-9,15H,1-3H3,(H,17,18)/b16-9-. The second-order valence-electron chi connectivity index (χ2n) is 5.16. The lowest BCUT2D eigenvalue weighted by Crippen LogP contribution is -2.29. The molecule has 2 rings (SSSR count). The number of H-pyrrole nitrogens is 1. The lowest BCUT2D eigenvalue weighted by atomic mass is 10.2. The molecule has 0 aliphatic rings. The van der Waals surface area contributed by atoms with E-state index in [2.05, 4.69) is 15.5 Å². The average molecular weight is 259 g/mol. The number of benzene rings is 1. The van der Waals surface area contributed by atoms with Gasteiger partial charge in [-0.15, -0.1) is 0 Å². The summed E-state index contributed by atoms with van der Waals surface area (Å²) in [4.78, 5) is 14.5. The molecule has 0 aliphatic carbocycles. The third-order valence-electron chi connectivity index (χ3n) is 2.38. The number of carbonyl (C=O) groups excluding carboxylic acids is 1. The molecule has 1 amide bonds. The van der Waals surface area contributed by atoms with Gasteiger partial charge in [-0.1, -0.05) is 18.2 Å². The molecule has 5 heteroatoms. The number of amides is 1. The summed E-state index contributed by atoms with van der Waals surface area (Å²) >= 11 is 0. The van der Waals surface area contributed by atoms with E-state index in [0.29, 0.717) is 0 Å². The number of hydrogen-bond donors (Lipinski definition) is 2. The Hall–Kier alpha value is -2.30. The SMILES string of the molecule is CC(C)(C)OC(=O)N/N=C\c1c[nH]c2ccccc12. The summed E-state index contributed by atoms with van der Waals surface area (Å²) in [6, 6.07) is 7.88. The monoisotopic (exact) mass is 259 g/mol. The van der Waals surface area contributed by atoms with Gasteiger partial charge in [-0.2, -0.15) is 5.10 Å². The van der Waals surface area contributed by atoms with Crippen LogP contribution in [0.2, 0.25) is 0 Å². The fourth-order valence-electron chi connectivity index (χ4n) is 1.66. The second-order valence-corrected chi connectivity index (χ2v) is 5.16. The van der Waals surface area contributed by atoms with E-state index in [4.69, 9.17) is 4.74 Å². The number of ether oxygens (including phenoxy) is 1. The van der Waals surface area contributed by atoms with E-state index in [0.717, 1.165) is 16.5 Å². The van der Waals surface area contributed by atoms with Crippen molar-refractivity contribution >= 4 is 23.2 Å². The Labute approximate surface area is 111 Å². The van der Waals surface area contributed by atoms with Gasteiger partial charge in [0, 0.05) is 22.7 Å². The minimum absolute atomic E-state index is 0.527. The first-order chi connectivity index (χ1) is 8.96. The summed E-state index contributed by atoms with van der Waals surface area (Å²) in [6.07, 6.45) is 2.86. The maximum Gasteiger partial charge on any atom is 0.428 e. The number of nitrogens with zero attached hydrogens (tertiary/aromatic N) is 1. The molecular formula is C14H17N3O2. The lowest BCUT2D eigenvalue weighted by molar-refractivity contribution is 0.0529. The first-order valence-corrected chi connectivity index (χ1v) is 6.04. The maximum atomic E-state index is 11.4. The van der Waals surface area contributed by atoms with Gasteiger partial charge >= 0.3 is 6.09 Å². The quantitative estimate of drug-likeness (QED) is 0.643. The number of fused-ring (bicyclic) bond motifs is 1. The van der Waals surface area contributed by atoms with Crippen LogP contribution in [0.25, 0.3) is 10.9 Å². The van der Waals surface area contributed by atoms with E-state index in [-0.39, 0.29) is 0 Å². The first-order valence-electron chi connectivity index (χ1n) is 6.04. The molecule has 2 N–H and O–H groups in total. The van der Waals surface area contributed by atoms with Gasteiger partial charge in [0.15, 0.2) is 0 Å². The number of hydrazone groups is 1. The molecule has 2 aromatic rings. The van der Waals surface area contributed by atoms with E-state index >= 15 is 0 Å². The molecule has 0 aliphatic heterocycles. The van der Waals surface area contributed by atoms with Gasteiger partial charge in [-0.25, -0.2) is 10.2 Å². The predicted molar refractivity (Wildman–Crippen MR) is 75.3 cm³/mol. The Balaban J connectivity index is 2.01. The molecule has 0 atom stereocenters. The zero-order chi connectivity index (χ0) is 13.9. The zero-order valence-corrected chi connectivity index (χ0v) is 11.2. The maximum absolute atomic E-state index is 11.4. The number of nitrogens with one attached hydrogen (secondary N) is 2. The van der Waals surface area contributed by atoms with Crippen molar-refractivity contribution in [3.63, 3.8) is 0 Å². The van der Waals surface area contributed by atoms with Crippen molar-refractivity contribution in [2.45, 2.75) is 26.4 Å². The van der Waals surface area contributed by atoms with Gasteiger partial charge in [-0.05, 0) is 26.8 Å². The number of hydrogen-bond acceptors (Lipinski definition) is 3. The van der Waals surface area contributed by atoms with Gasteiger partial charge in [0.1, 0.15) is 5.60 Å². The Morgan fingerprint density at radius 2 is 2.11 bits per heavy atom. The van der Waals surface area contributed by atoms with Crippen LogP contribution in [-0.2, 0) is 4.74 Å². The van der Waals surface area contributed by atoms with Gasteiger partial charge in [0.2, 0.25) is 0 Å². The van der Waals surface area contributed by atoms with Crippen LogP contribution in [0.5, 0.6) is 0 Å². The van der Waals surface area contributed by atoms with Crippen LogP contribution >= 0.6 is 0 Å². The van der Waals surface area contributed by atoms with Crippen molar-refractivity contribution in [2.75, 3.05) is 0 Å². The summed E-state index contributed by atoms with van der Waals surface area (Å²) in [5.74, 6) is 0. The van der Waals surface area contributed by atoms with Crippen LogP contribution in [0.3, 0.4) is 0 Å². The second kappa shape index (κ2) is 5.14. The molecule has 1 heterocycles. The molecule has 0 unspecified atom stereocenters. The fraction of sp³-hybridized carbons (Fsp3) is 0.286. The van der Waals surface area contributed by atoms with Crippen molar-refractivity contribution in [1.29, 1.82) is 0 Å². The number of aromatic amines is 1. The molecule has 0 radical (unpaired) electrons. The third kappa shape index (κ3) is 3.58. The molecule has 0 saturated carbocycles. The molecular weight excluding hydrogens is 242 g/mol. The molecule has 1 aromatic heterocycles. The smallest absolute Gasteiger partial charge is 0.428 e. The first kappa shape index (κ1) is 13.1. The molecule has 1 aromatic carbocycles. The molecule has 100 valence electrons. The normalized spacial score (nSPS) is 11.9. The van der Waals surface area contributed by atoms with Crippen LogP contribution in [0, 0.1) is 0 Å². The summed E-state index contributed by atoms with van der Waals surface area (Å²) in [5, 5.41) is 4.93. The Bertz CT molecular complexity index is 608. The third-order valence-corrected chi connectivity index (χ3v) is 2.38. The summed E-state index contributed by atoms with van der Waals surface area (Å²) in [5.41, 5.74) is 3.75. The highest BCUT2D eigenvalue weighted by Gasteiger charge is 2.15. The highest BCUT2D eigenvalue weighted by Crippen LogP contribution is 2.15. The van der Waals surface area contributed by atoms with Crippen LogP contribution in [0.4, 0.5) is 4.79 Å². The van der Waals surface area contributed by atoms with E-state index in [1.165, 1.54) is 0 Å². The van der Waals surface area contributed by atoms with Crippen molar-refractivity contribution in [2.24, 2.45) is 5.10 Å². The topological polar surface area (TPSA) is 66.5 Å². The minimum Gasteiger partial charge on any atom is -0.443 e. The van der Waals surface area contributed by atoms with Crippen molar-refractivity contribution < 1.29 is 9.53 Å². The molecule has 0 saturated heterocycles. The van der Waals surface area contributed by atoms with Crippen molar-refractivity contribution in [3.8, 4) is 0 Å². The fourth-order valence-corrected chi connectivity index (χ4v) is 1.66. The largest absolute Gasteiger partial charge is 0.443 e. The number of para-hydroxylation sites is 1. The average Bonchev–Trinajstić information content (AvgIpc) is 2.70. The Kier molecular flexibility index (Phi) is 3.55. The Morgan fingerprint density at radius 3 is 2.84 bits per heavy atom. The predicted octanol–water partition coefficient (Wildman–Crippen LogP) is 3.03.